The van der Waals surface area contributed by atoms with Crippen molar-refractivity contribution in [1.29, 1.82) is 0 Å². The average Bonchev–Trinajstić information content (AvgIpc) is 3.47. The van der Waals surface area contributed by atoms with Crippen LogP contribution in [0.5, 0.6) is 5.75 Å². The Hall–Kier alpha value is -3.63. The second-order valence-corrected chi connectivity index (χ2v) is 12.8. The molecule has 2 aromatic rings. The first-order valence-electron chi connectivity index (χ1n) is 14.8. The molecule has 6 rings (SSSR count). The molecule has 1 aromatic carbocycles. The van der Waals surface area contributed by atoms with Crippen molar-refractivity contribution in [1.82, 2.24) is 4.90 Å². The lowest BCUT2D eigenvalue weighted by Gasteiger charge is -2.52. The number of carbonyl (C=O) groups is 5. The molecule has 2 saturated carbocycles. The van der Waals surface area contributed by atoms with Crippen LogP contribution in [0.3, 0.4) is 0 Å². The van der Waals surface area contributed by atoms with Gasteiger partial charge in [-0.3, -0.25) is 28.9 Å². The van der Waals surface area contributed by atoms with Gasteiger partial charge in [-0.1, -0.05) is 20.3 Å². The summed E-state index contributed by atoms with van der Waals surface area (Å²) in [5, 5.41) is 23.4. The van der Waals surface area contributed by atoms with Gasteiger partial charge in [-0.25, -0.2) is 0 Å². The van der Waals surface area contributed by atoms with Crippen LogP contribution in [0.15, 0.2) is 29.1 Å². The summed E-state index contributed by atoms with van der Waals surface area (Å²) in [6, 6.07) is 3.65. The molecule has 1 amide bonds. The first-order valence-corrected chi connectivity index (χ1v) is 14.8. The summed E-state index contributed by atoms with van der Waals surface area (Å²) < 4.78 is 5.35. The van der Waals surface area contributed by atoms with E-state index in [0.29, 0.717) is 23.2 Å². The lowest BCUT2D eigenvalue weighted by atomic mass is 9.49. The van der Waals surface area contributed by atoms with Gasteiger partial charge in [0.1, 0.15) is 5.75 Å². The summed E-state index contributed by atoms with van der Waals surface area (Å²) >= 11 is 0. The molecule has 6 atom stereocenters. The van der Waals surface area contributed by atoms with Gasteiger partial charge < -0.3 is 20.4 Å². The van der Waals surface area contributed by atoms with Crippen molar-refractivity contribution in [3.63, 3.8) is 0 Å². The molecule has 10 heteroatoms. The number of ketones is 4. The number of rotatable bonds is 5. The van der Waals surface area contributed by atoms with Gasteiger partial charge in [-0.2, -0.15) is 0 Å². The van der Waals surface area contributed by atoms with E-state index in [-0.39, 0.29) is 24.2 Å². The van der Waals surface area contributed by atoms with Crippen LogP contribution in [0.25, 0.3) is 11.1 Å². The van der Waals surface area contributed by atoms with Gasteiger partial charge in [0.15, 0.2) is 34.7 Å². The minimum atomic E-state index is -2.70. The van der Waals surface area contributed by atoms with E-state index in [4.69, 9.17) is 10.2 Å². The molecule has 1 saturated heterocycles. The number of hydrogen-bond donors (Lipinski definition) is 3. The van der Waals surface area contributed by atoms with Crippen LogP contribution in [-0.4, -0.2) is 62.8 Å². The monoisotopic (exact) mass is 576 g/mol. The second-order valence-electron chi connectivity index (χ2n) is 12.8. The molecule has 2 unspecified atom stereocenters. The SMILES string of the molecule is CC(C)[C@@H]1C(=O)C(C(N)=O)C(=O)[C@@]2(O)C(=O)C3C(=O)c4c(O)c(CN5CCCCC5)cc(-c5ccoc5)c4C[C@H]3C[C@@H]12. The number of fused-ring (bicyclic) bond motifs is 3. The fraction of sp³-hybridized carbons (Fsp3) is 0.531. The topological polar surface area (TPSA) is 168 Å². The molecule has 3 fully saturated rings. The van der Waals surface area contributed by atoms with Gasteiger partial charge in [0, 0.05) is 29.5 Å². The standard InChI is InChI=1S/C32H36N2O8/c1-15(2)22-21-12-17-10-20-19(16-6-9-42-14-16)11-18(13-34-7-4-3-5-8-34)26(35)24(20)28(37)23(17)29(38)32(21,41)30(39)25(27(22)36)31(33)40/h6,9,11,14-15,17,21-23,25,35,41H,3-5,7-8,10,12-13H2,1-2H3,(H2,33,40)/t17-,21-,22-,23?,25?,32-/m0/s1. The fourth-order valence-electron chi connectivity index (χ4n) is 8.13. The Bertz CT molecular complexity index is 1490. The molecule has 1 aliphatic heterocycles. The highest BCUT2D eigenvalue weighted by molar-refractivity contribution is 6.32. The number of carbonyl (C=O) groups excluding carboxylic acids is 5. The number of phenolic OH excluding ortho intramolecular Hbond substituents is 1. The van der Waals surface area contributed by atoms with E-state index in [9.17, 15) is 34.2 Å². The van der Waals surface area contributed by atoms with Crippen molar-refractivity contribution >= 4 is 29.0 Å². The summed E-state index contributed by atoms with van der Waals surface area (Å²) in [5.74, 6) is -11.5. The maximum atomic E-state index is 14.3. The van der Waals surface area contributed by atoms with Crippen molar-refractivity contribution < 1.29 is 38.6 Å². The number of aliphatic hydroxyl groups is 1. The Kier molecular flexibility index (Phi) is 6.97. The van der Waals surface area contributed by atoms with Gasteiger partial charge in [-0.15, -0.1) is 0 Å². The number of Topliss-reactive ketones (excluding diaryl/α,β-unsaturated/α-hetero) is 4. The van der Waals surface area contributed by atoms with Crippen molar-refractivity contribution in [3.05, 3.63) is 41.3 Å². The number of phenols is 1. The van der Waals surface area contributed by atoms with Crippen molar-refractivity contribution in [3.8, 4) is 16.9 Å². The van der Waals surface area contributed by atoms with Crippen LogP contribution in [0.1, 0.15) is 61.0 Å². The van der Waals surface area contributed by atoms with E-state index in [1.165, 1.54) is 6.26 Å². The zero-order valence-corrected chi connectivity index (χ0v) is 23.8. The van der Waals surface area contributed by atoms with Crippen molar-refractivity contribution in [2.45, 2.75) is 58.1 Å². The smallest absolute Gasteiger partial charge is 0.235 e. The van der Waals surface area contributed by atoms with E-state index in [1.807, 2.05) is 6.07 Å². The fourth-order valence-corrected chi connectivity index (χ4v) is 8.13. The first kappa shape index (κ1) is 28.5. The molecule has 0 bridgehead atoms. The number of nitrogens with two attached hydrogens (primary N) is 1. The minimum absolute atomic E-state index is 0.0172. The molecule has 1 aromatic heterocycles. The molecule has 2 heterocycles. The maximum absolute atomic E-state index is 14.3. The Morgan fingerprint density at radius 2 is 1.86 bits per heavy atom. The molecular weight excluding hydrogens is 540 g/mol. The van der Waals surface area contributed by atoms with Crippen LogP contribution >= 0.6 is 0 Å². The summed E-state index contributed by atoms with van der Waals surface area (Å²) in [4.78, 5) is 69.7. The van der Waals surface area contributed by atoms with Gasteiger partial charge in [0.25, 0.3) is 0 Å². The molecular formula is C32H36N2O8. The summed E-state index contributed by atoms with van der Waals surface area (Å²) in [5.41, 5.74) is 5.30. The van der Waals surface area contributed by atoms with E-state index in [1.54, 1.807) is 26.2 Å². The van der Waals surface area contributed by atoms with Crippen LogP contribution in [-0.2, 0) is 32.1 Å². The number of likely N-dealkylation sites (tertiary alicyclic amines) is 1. The number of nitrogens with zero attached hydrogens (tertiary/aromatic N) is 1. The predicted octanol–water partition coefficient (Wildman–Crippen LogP) is 2.45. The van der Waals surface area contributed by atoms with Crippen LogP contribution in [0.4, 0.5) is 0 Å². The minimum Gasteiger partial charge on any atom is -0.507 e. The van der Waals surface area contributed by atoms with E-state index in [0.717, 1.165) is 37.9 Å². The Balaban J connectivity index is 1.48. The second kappa shape index (κ2) is 10.3. The van der Waals surface area contributed by atoms with Crippen molar-refractivity contribution in [2.75, 3.05) is 13.1 Å². The molecule has 4 aliphatic rings. The molecule has 0 spiro atoms. The summed E-state index contributed by atoms with van der Waals surface area (Å²) in [7, 11) is 0. The Morgan fingerprint density at radius 1 is 1.14 bits per heavy atom. The van der Waals surface area contributed by atoms with Gasteiger partial charge in [0.05, 0.1) is 24.0 Å². The van der Waals surface area contributed by atoms with Crippen LogP contribution < -0.4 is 5.73 Å². The van der Waals surface area contributed by atoms with Gasteiger partial charge in [0.2, 0.25) is 5.91 Å². The third kappa shape index (κ3) is 4.10. The molecule has 222 valence electrons. The lowest BCUT2D eigenvalue weighted by molar-refractivity contribution is -0.182. The van der Waals surface area contributed by atoms with Crippen molar-refractivity contribution in [2.24, 2.45) is 41.2 Å². The predicted molar refractivity (Wildman–Crippen MR) is 149 cm³/mol. The number of benzene rings is 1. The van der Waals surface area contributed by atoms with Gasteiger partial charge >= 0.3 is 0 Å². The van der Waals surface area contributed by atoms with Crippen LogP contribution in [0, 0.1) is 35.5 Å². The molecule has 42 heavy (non-hydrogen) atoms. The maximum Gasteiger partial charge on any atom is 0.235 e. The van der Waals surface area contributed by atoms with Gasteiger partial charge in [-0.05, 0) is 73.9 Å². The van der Waals surface area contributed by atoms with E-state index in [2.05, 4.69) is 4.90 Å². The van der Waals surface area contributed by atoms with E-state index < -0.39 is 70.1 Å². The van der Waals surface area contributed by atoms with E-state index >= 15 is 0 Å². The third-order valence-electron chi connectivity index (χ3n) is 10.1. The molecule has 4 N–H and O–H groups in total. The first-order chi connectivity index (χ1) is 20.0. The molecule has 10 nitrogen and oxygen atoms in total. The Morgan fingerprint density at radius 3 is 2.48 bits per heavy atom. The highest BCUT2D eigenvalue weighted by Crippen LogP contribution is 2.54. The number of furan rings is 1. The highest BCUT2D eigenvalue weighted by atomic mass is 16.3. The zero-order chi connectivity index (χ0) is 30.1. The Labute approximate surface area is 243 Å². The lowest BCUT2D eigenvalue weighted by Crippen LogP contribution is -2.71. The molecule has 0 radical (unpaired) electrons. The third-order valence-corrected chi connectivity index (χ3v) is 10.1. The van der Waals surface area contributed by atoms with Crippen LogP contribution in [0.2, 0.25) is 0 Å². The average molecular weight is 577 g/mol. The number of hydrogen-bond acceptors (Lipinski definition) is 9. The summed E-state index contributed by atoms with van der Waals surface area (Å²) in [6.07, 6.45) is 6.57. The normalized spacial score (nSPS) is 31.6. The number of primary amides is 1. The number of amides is 1. The quantitative estimate of drug-likeness (QED) is 0.453. The number of piperidine rings is 1. The zero-order valence-electron chi connectivity index (χ0n) is 23.8. The summed E-state index contributed by atoms with van der Waals surface area (Å²) in [6.45, 7) is 5.60. The largest absolute Gasteiger partial charge is 0.507 e. The molecule has 3 aliphatic carbocycles. The highest BCUT2D eigenvalue weighted by Gasteiger charge is 2.69. The number of aromatic hydroxyl groups is 1.